The summed E-state index contributed by atoms with van der Waals surface area (Å²) in [7, 11) is 3.28. The monoisotopic (exact) mass is 340 g/mol. The minimum atomic E-state index is -0.395. The summed E-state index contributed by atoms with van der Waals surface area (Å²) in [6.07, 6.45) is 0.992. The number of hydrogen-bond donors (Lipinski definition) is 1. The van der Waals surface area contributed by atoms with Crippen LogP contribution in [0.2, 0.25) is 0 Å². The third-order valence-corrected chi connectivity index (χ3v) is 4.16. The van der Waals surface area contributed by atoms with Crippen molar-refractivity contribution in [2.45, 2.75) is 19.4 Å². The number of aryl methyl sites for hydroxylation is 2. The predicted octanol–water partition coefficient (Wildman–Crippen LogP) is 2.39. The van der Waals surface area contributed by atoms with Gasteiger partial charge < -0.3 is 14.5 Å². The van der Waals surface area contributed by atoms with Crippen LogP contribution in [0.5, 0.6) is 5.75 Å². The molecule has 0 unspecified atom stereocenters. The van der Waals surface area contributed by atoms with Gasteiger partial charge in [-0.1, -0.05) is 24.3 Å². The molecule has 6 heteroatoms. The van der Waals surface area contributed by atoms with Gasteiger partial charge in [-0.3, -0.25) is 9.36 Å². The molecule has 0 fully saturated rings. The molecule has 0 saturated heterocycles. The van der Waals surface area contributed by atoms with Gasteiger partial charge in [0.1, 0.15) is 5.75 Å². The molecule has 0 bridgehead atoms. The summed E-state index contributed by atoms with van der Waals surface area (Å²) in [5.41, 5.74) is 3.14. The van der Waals surface area contributed by atoms with Crippen molar-refractivity contribution in [3.63, 3.8) is 0 Å². The molecule has 25 heavy (non-hydrogen) atoms. The van der Waals surface area contributed by atoms with Crippen LogP contribution in [-0.4, -0.2) is 17.6 Å². The molecule has 1 aromatic heterocycles. The number of oxazole rings is 1. The van der Waals surface area contributed by atoms with Crippen molar-refractivity contribution in [2.75, 3.05) is 7.11 Å². The van der Waals surface area contributed by atoms with Gasteiger partial charge in [-0.25, -0.2) is 4.79 Å². The SMILES string of the molecule is COc1ccccc1CCC(=O)NCc1ccc2c(c1)oc(=O)n2C. The average molecular weight is 340 g/mol. The van der Waals surface area contributed by atoms with E-state index in [4.69, 9.17) is 9.15 Å². The van der Waals surface area contributed by atoms with Gasteiger partial charge in [-0.2, -0.15) is 0 Å². The molecule has 0 aliphatic rings. The highest BCUT2D eigenvalue weighted by Gasteiger charge is 2.08. The van der Waals surface area contributed by atoms with Gasteiger partial charge in [-0.15, -0.1) is 0 Å². The van der Waals surface area contributed by atoms with Crippen LogP contribution in [0, 0.1) is 0 Å². The van der Waals surface area contributed by atoms with Gasteiger partial charge in [0.2, 0.25) is 5.91 Å². The van der Waals surface area contributed by atoms with Crippen molar-refractivity contribution in [1.82, 2.24) is 9.88 Å². The van der Waals surface area contributed by atoms with Crippen LogP contribution < -0.4 is 15.8 Å². The lowest BCUT2D eigenvalue weighted by Gasteiger charge is -2.08. The fourth-order valence-corrected chi connectivity index (χ4v) is 2.73. The third kappa shape index (κ3) is 3.74. The molecule has 0 radical (unpaired) electrons. The molecule has 2 aromatic carbocycles. The van der Waals surface area contributed by atoms with Crippen LogP contribution >= 0.6 is 0 Å². The van der Waals surface area contributed by atoms with Crippen molar-refractivity contribution in [3.05, 3.63) is 64.1 Å². The highest BCUT2D eigenvalue weighted by Crippen LogP contribution is 2.19. The van der Waals surface area contributed by atoms with Gasteiger partial charge >= 0.3 is 5.76 Å². The van der Waals surface area contributed by atoms with E-state index in [2.05, 4.69) is 5.32 Å². The number of carbonyl (C=O) groups is 1. The van der Waals surface area contributed by atoms with Crippen LogP contribution in [0.25, 0.3) is 11.1 Å². The zero-order valence-corrected chi connectivity index (χ0v) is 14.2. The fourth-order valence-electron chi connectivity index (χ4n) is 2.73. The van der Waals surface area contributed by atoms with E-state index in [-0.39, 0.29) is 5.91 Å². The summed E-state index contributed by atoms with van der Waals surface area (Å²) in [5.74, 6) is 0.355. The number of nitrogens with zero attached hydrogens (tertiary/aromatic N) is 1. The first-order valence-electron chi connectivity index (χ1n) is 8.05. The Kier molecular flexibility index (Phi) is 4.88. The topological polar surface area (TPSA) is 73.5 Å². The van der Waals surface area contributed by atoms with Crippen LogP contribution in [0.1, 0.15) is 17.5 Å². The highest BCUT2D eigenvalue weighted by atomic mass is 16.5. The minimum Gasteiger partial charge on any atom is -0.496 e. The van der Waals surface area contributed by atoms with E-state index >= 15 is 0 Å². The number of benzene rings is 2. The van der Waals surface area contributed by atoms with E-state index in [1.54, 1.807) is 20.2 Å². The van der Waals surface area contributed by atoms with Crippen molar-refractivity contribution >= 4 is 17.0 Å². The molecular weight excluding hydrogens is 320 g/mol. The maximum absolute atomic E-state index is 12.1. The maximum Gasteiger partial charge on any atom is 0.419 e. The summed E-state index contributed by atoms with van der Waals surface area (Å²) in [5, 5.41) is 2.89. The van der Waals surface area contributed by atoms with Gasteiger partial charge in [0.15, 0.2) is 5.58 Å². The molecule has 0 aliphatic carbocycles. The molecule has 3 rings (SSSR count). The molecule has 0 atom stereocenters. The van der Waals surface area contributed by atoms with Crippen LogP contribution in [0.3, 0.4) is 0 Å². The van der Waals surface area contributed by atoms with Crippen LogP contribution in [-0.2, 0) is 24.8 Å². The van der Waals surface area contributed by atoms with E-state index in [9.17, 15) is 9.59 Å². The molecule has 0 saturated carbocycles. The number of rotatable bonds is 6. The maximum atomic E-state index is 12.1. The van der Waals surface area contributed by atoms with E-state index in [1.165, 1.54) is 4.57 Å². The Morgan fingerprint density at radius 2 is 2.04 bits per heavy atom. The van der Waals surface area contributed by atoms with E-state index in [1.807, 2.05) is 36.4 Å². The molecular formula is C19H20N2O4. The Bertz CT molecular complexity index is 955. The first-order valence-corrected chi connectivity index (χ1v) is 8.05. The summed E-state index contributed by atoms with van der Waals surface area (Å²) in [6, 6.07) is 13.1. The van der Waals surface area contributed by atoms with Crippen molar-refractivity contribution in [2.24, 2.45) is 7.05 Å². The summed E-state index contributed by atoms with van der Waals surface area (Å²) in [4.78, 5) is 23.6. The summed E-state index contributed by atoms with van der Waals surface area (Å²) >= 11 is 0. The Morgan fingerprint density at radius 1 is 1.24 bits per heavy atom. The Morgan fingerprint density at radius 3 is 2.84 bits per heavy atom. The number of ether oxygens (including phenoxy) is 1. The lowest BCUT2D eigenvalue weighted by Crippen LogP contribution is -2.23. The molecule has 6 nitrogen and oxygen atoms in total. The van der Waals surface area contributed by atoms with Crippen LogP contribution in [0.4, 0.5) is 0 Å². The van der Waals surface area contributed by atoms with Crippen molar-refractivity contribution < 1.29 is 13.9 Å². The molecule has 3 aromatic rings. The normalized spacial score (nSPS) is 10.8. The van der Waals surface area contributed by atoms with Gasteiger partial charge in [0.25, 0.3) is 0 Å². The number of carbonyl (C=O) groups excluding carboxylic acids is 1. The van der Waals surface area contributed by atoms with Crippen molar-refractivity contribution in [3.8, 4) is 5.75 Å². The van der Waals surface area contributed by atoms with Gasteiger partial charge in [0.05, 0.1) is 12.6 Å². The van der Waals surface area contributed by atoms with Gasteiger partial charge in [-0.05, 0) is 35.7 Å². The predicted molar refractivity (Wildman–Crippen MR) is 94.6 cm³/mol. The van der Waals surface area contributed by atoms with Crippen LogP contribution in [0.15, 0.2) is 51.7 Å². The fraction of sp³-hybridized carbons (Fsp3) is 0.263. The number of amides is 1. The second-order valence-electron chi connectivity index (χ2n) is 5.82. The number of para-hydroxylation sites is 1. The highest BCUT2D eigenvalue weighted by molar-refractivity contribution is 5.77. The van der Waals surface area contributed by atoms with E-state index < -0.39 is 5.76 Å². The summed E-state index contributed by atoms with van der Waals surface area (Å²) in [6.45, 7) is 0.388. The smallest absolute Gasteiger partial charge is 0.419 e. The quantitative estimate of drug-likeness (QED) is 0.748. The Balaban J connectivity index is 1.58. The molecule has 1 heterocycles. The second-order valence-corrected chi connectivity index (χ2v) is 5.82. The molecule has 0 spiro atoms. The largest absolute Gasteiger partial charge is 0.496 e. The standard InChI is InChI=1S/C19H20N2O4/c1-21-15-9-7-13(11-17(15)25-19(21)23)12-20-18(22)10-8-14-5-3-4-6-16(14)24-2/h3-7,9,11H,8,10,12H2,1-2H3,(H,20,22). The molecule has 1 N–H and O–H groups in total. The summed E-state index contributed by atoms with van der Waals surface area (Å²) < 4.78 is 11.9. The van der Waals surface area contributed by atoms with Crippen molar-refractivity contribution in [1.29, 1.82) is 0 Å². The number of fused-ring (bicyclic) bond motifs is 1. The zero-order chi connectivity index (χ0) is 17.8. The Hall–Kier alpha value is -3.02. The van der Waals surface area contributed by atoms with E-state index in [0.717, 1.165) is 22.4 Å². The van der Waals surface area contributed by atoms with Gasteiger partial charge in [0, 0.05) is 20.0 Å². The zero-order valence-electron chi connectivity index (χ0n) is 14.2. The Labute approximate surface area is 145 Å². The lowest BCUT2D eigenvalue weighted by molar-refractivity contribution is -0.121. The first kappa shape index (κ1) is 16.8. The third-order valence-electron chi connectivity index (χ3n) is 4.16. The molecule has 0 aliphatic heterocycles. The first-order chi connectivity index (χ1) is 12.1. The number of nitrogens with one attached hydrogen (secondary N) is 1. The molecule has 1 amide bonds. The number of methoxy groups -OCH3 is 1. The van der Waals surface area contributed by atoms with E-state index in [0.29, 0.717) is 25.0 Å². The lowest BCUT2D eigenvalue weighted by atomic mass is 10.1. The number of aromatic nitrogens is 1. The second kappa shape index (κ2) is 7.25. The molecule has 130 valence electrons. The minimum absolute atomic E-state index is 0.0412. The number of hydrogen-bond acceptors (Lipinski definition) is 4. The average Bonchev–Trinajstić information content (AvgIpc) is 2.92.